The van der Waals surface area contributed by atoms with E-state index in [0.29, 0.717) is 18.5 Å². The van der Waals surface area contributed by atoms with Crippen molar-refractivity contribution in [2.45, 2.75) is 18.9 Å². The van der Waals surface area contributed by atoms with E-state index in [1.54, 1.807) is 0 Å². The first-order valence-corrected chi connectivity index (χ1v) is 7.15. The Morgan fingerprint density at radius 3 is 2.65 bits per heavy atom. The summed E-state index contributed by atoms with van der Waals surface area (Å²) in [5, 5.41) is 12.6. The third-order valence-corrected chi connectivity index (χ3v) is 4.52. The minimum absolute atomic E-state index is 0.0538. The van der Waals surface area contributed by atoms with Gasteiger partial charge in [0.25, 0.3) is 5.91 Å². The predicted molar refractivity (Wildman–Crippen MR) is 77.6 cm³/mol. The van der Waals surface area contributed by atoms with E-state index in [0.717, 1.165) is 15.4 Å². The summed E-state index contributed by atoms with van der Waals surface area (Å²) in [7, 11) is 0. The van der Waals surface area contributed by atoms with Crippen LogP contribution in [-0.2, 0) is 4.79 Å². The lowest BCUT2D eigenvalue weighted by atomic mass is 9.80. The number of amides is 1. The summed E-state index contributed by atoms with van der Waals surface area (Å²) in [5.41, 5.74) is 1.37. The molecule has 0 spiro atoms. The normalized spacial score (nSPS) is 21.4. The summed E-state index contributed by atoms with van der Waals surface area (Å²) in [4.78, 5) is 26.0. The molecule has 20 heavy (non-hydrogen) atoms. The number of aromatic nitrogens is 1. The van der Waals surface area contributed by atoms with E-state index in [2.05, 4.69) is 26.2 Å². The van der Waals surface area contributed by atoms with Crippen molar-refractivity contribution >= 4 is 38.7 Å². The number of nitrogens with one attached hydrogen (secondary N) is 2. The Morgan fingerprint density at radius 1 is 1.30 bits per heavy atom. The van der Waals surface area contributed by atoms with Crippen molar-refractivity contribution in [2.24, 2.45) is 5.92 Å². The first kappa shape index (κ1) is 13.2. The van der Waals surface area contributed by atoms with E-state index in [1.807, 2.05) is 24.3 Å². The topological polar surface area (TPSA) is 82.2 Å². The first-order valence-electron chi connectivity index (χ1n) is 6.36. The van der Waals surface area contributed by atoms with Gasteiger partial charge in [-0.25, -0.2) is 0 Å². The molecule has 1 aromatic carbocycles. The molecule has 0 aliphatic heterocycles. The Kier molecular flexibility index (Phi) is 3.25. The number of hydrogen-bond acceptors (Lipinski definition) is 2. The van der Waals surface area contributed by atoms with Gasteiger partial charge in [-0.3, -0.25) is 9.59 Å². The fourth-order valence-electron chi connectivity index (χ4n) is 2.46. The maximum Gasteiger partial charge on any atom is 0.306 e. The molecular weight excluding hydrogens is 324 g/mol. The van der Waals surface area contributed by atoms with Crippen molar-refractivity contribution in [3.63, 3.8) is 0 Å². The molecule has 0 radical (unpaired) electrons. The third-order valence-electron chi connectivity index (χ3n) is 3.69. The largest absolute Gasteiger partial charge is 0.481 e. The van der Waals surface area contributed by atoms with Gasteiger partial charge in [-0.2, -0.15) is 0 Å². The maximum absolute atomic E-state index is 12.2. The highest BCUT2D eigenvalue weighted by Crippen LogP contribution is 2.30. The summed E-state index contributed by atoms with van der Waals surface area (Å²) in [6.07, 6.45) is 0.998. The second-order valence-electron chi connectivity index (χ2n) is 5.04. The molecule has 2 aromatic rings. The van der Waals surface area contributed by atoms with Crippen LogP contribution in [0.2, 0.25) is 0 Å². The number of rotatable bonds is 3. The fraction of sp³-hybridized carbons (Fsp3) is 0.286. The summed E-state index contributed by atoms with van der Waals surface area (Å²) in [5.74, 6) is -1.32. The molecule has 1 fully saturated rings. The van der Waals surface area contributed by atoms with E-state index < -0.39 is 5.97 Å². The number of carboxylic acids is 1. The average Bonchev–Trinajstić information content (AvgIpc) is 2.71. The van der Waals surface area contributed by atoms with E-state index in [4.69, 9.17) is 5.11 Å². The van der Waals surface area contributed by atoms with Gasteiger partial charge in [0.2, 0.25) is 0 Å². The number of aromatic amines is 1. The van der Waals surface area contributed by atoms with Gasteiger partial charge >= 0.3 is 5.97 Å². The van der Waals surface area contributed by atoms with E-state index >= 15 is 0 Å². The molecule has 6 heteroatoms. The van der Waals surface area contributed by atoms with Crippen molar-refractivity contribution in [1.82, 2.24) is 10.3 Å². The van der Waals surface area contributed by atoms with E-state index in [1.165, 1.54) is 0 Å². The summed E-state index contributed by atoms with van der Waals surface area (Å²) in [6, 6.07) is 7.58. The number of fused-ring (bicyclic) bond motifs is 1. The maximum atomic E-state index is 12.2. The highest BCUT2D eigenvalue weighted by atomic mass is 79.9. The molecule has 104 valence electrons. The molecule has 1 aliphatic carbocycles. The van der Waals surface area contributed by atoms with Crippen LogP contribution in [0.25, 0.3) is 10.9 Å². The number of carbonyl (C=O) groups excluding carboxylic acids is 1. The van der Waals surface area contributed by atoms with Crippen molar-refractivity contribution < 1.29 is 14.7 Å². The molecule has 3 N–H and O–H groups in total. The fourth-order valence-corrected chi connectivity index (χ4v) is 3.08. The Hall–Kier alpha value is -1.82. The highest BCUT2D eigenvalue weighted by molar-refractivity contribution is 9.10. The average molecular weight is 337 g/mol. The van der Waals surface area contributed by atoms with Crippen molar-refractivity contribution in [2.75, 3.05) is 0 Å². The lowest BCUT2D eigenvalue weighted by Gasteiger charge is -2.32. The monoisotopic (exact) mass is 336 g/mol. The van der Waals surface area contributed by atoms with E-state index in [-0.39, 0.29) is 17.9 Å². The van der Waals surface area contributed by atoms with Gasteiger partial charge in [-0.15, -0.1) is 0 Å². The second-order valence-corrected chi connectivity index (χ2v) is 5.83. The SMILES string of the molecule is O=C(NC1CC(C(=O)O)C1)c1[nH]c2ccccc2c1Br. The minimum atomic E-state index is -0.790. The molecule has 0 unspecified atom stereocenters. The third kappa shape index (κ3) is 2.20. The molecule has 1 aliphatic rings. The van der Waals surface area contributed by atoms with Crippen LogP contribution in [0.1, 0.15) is 23.3 Å². The zero-order chi connectivity index (χ0) is 14.3. The van der Waals surface area contributed by atoms with Gasteiger partial charge in [0.1, 0.15) is 5.69 Å². The smallest absolute Gasteiger partial charge is 0.306 e. The van der Waals surface area contributed by atoms with Crippen LogP contribution in [0.5, 0.6) is 0 Å². The predicted octanol–water partition coefficient (Wildman–Crippen LogP) is 2.52. The van der Waals surface area contributed by atoms with Gasteiger partial charge in [0.05, 0.1) is 10.4 Å². The molecule has 5 nitrogen and oxygen atoms in total. The van der Waals surface area contributed by atoms with Gasteiger partial charge in [0, 0.05) is 16.9 Å². The van der Waals surface area contributed by atoms with E-state index in [9.17, 15) is 9.59 Å². The number of benzene rings is 1. The zero-order valence-corrected chi connectivity index (χ0v) is 12.1. The Labute approximate surface area is 123 Å². The van der Waals surface area contributed by atoms with Crippen LogP contribution in [0, 0.1) is 5.92 Å². The lowest BCUT2D eigenvalue weighted by Crippen LogP contribution is -2.46. The molecule has 1 saturated carbocycles. The first-order chi connectivity index (χ1) is 9.56. The van der Waals surface area contributed by atoms with Gasteiger partial charge in [0.15, 0.2) is 0 Å². The summed E-state index contributed by atoms with van der Waals surface area (Å²) < 4.78 is 0.736. The number of para-hydroxylation sites is 1. The van der Waals surface area contributed by atoms with Crippen LogP contribution < -0.4 is 5.32 Å². The van der Waals surface area contributed by atoms with Gasteiger partial charge in [-0.05, 0) is 34.8 Å². The second kappa shape index (κ2) is 4.94. The lowest BCUT2D eigenvalue weighted by molar-refractivity contribution is -0.145. The molecule has 0 saturated heterocycles. The van der Waals surface area contributed by atoms with Gasteiger partial charge in [-0.1, -0.05) is 18.2 Å². The standard InChI is InChI=1S/C14H13BrN2O3/c15-11-9-3-1-2-4-10(9)17-12(11)13(18)16-8-5-7(6-8)14(19)20/h1-4,7-8,17H,5-6H2,(H,16,18)(H,19,20). The van der Waals surface area contributed by atoms with Crippen LogP contribution in [0.4, 0.5) is 0 Å². The summed E-state index contributed by atoms with van der Waals surface area (Å²) >= 11 is 3.43. The molecular formula is C14H13BrN2O3. The molecule has 0 bridgehead atoms. The Balaban J connectivity index is 1.74. The van der Waals surface area contributed by atoms with Crippen LogP contribution in [0.3, 0.4) is 0 Å². The van der Waals surface area contributed by atoms with Gasteiger partial charge < -0.3 is 15.4 Å². The number of H-pyrrole nitrogens is 1. The Bertz CT molecular complexity index is 689. The van der Waals surface area contributed by atoms with Crippen LogP contribution in [-0.4, -0.2) is 28.0 Å². The molecule has 3 rings (SSSR count). The number of carbonyl (C=O) groups is 2. The molecule has 0 atom stereocenters. The quantitative estimate of drug-likeness (QED) is 0.805. The summed E-state index contributed by atoms with van der Waals surface area (Å²) in [6.45, 7) is 0. The zero-order valence-electron chi connectivity index (χ0n) is 10.5. The van der Waals surface area contributed by atoms with Crippen molar-refractivity contribution in [3.05, 3.63) is 34.4 Å². The number of carboxylic acid groups (broad SMARTS) is 1. The van der Waals surface area contributed by atoms with Crippen LogP contribution in [0.15, 0.2) is 28.7 Å². The Morgan fingerprint density at radius 2 is 2.00 bits per heavy atom. The van der Waals surface area contributed by atoms with Crippen molar-refractivity contribution in [3.8, 4) is 0 Å². The van der Waals surface area contributed by atoms with Crippen molar-refractivity contribution in [1.29, 1.82) is 0 Å². The van der Waals surface area contributed by atoms with Crippen LogP contribution >= 0.6 is 15.9 Å². The molecule has 1 aromatic heterocycles. The molecule has 1 amide bonds. The molecule has 1 heterocycles. The number of aliphatic carboxylic acids is 1. The minimum Gasteiger partial charge on any atom is -0.481 e. The number of hydrogen-bond donors (Lipinski definition) is 3. The number of halogens is 1. The highest BCUT2D eigenvalue weighted by Gasteiger charge is 2.35.